The van der Waals surface area contributed by atoms with Crippen LogP contribution in [0.3, 0.4) is 0 Å². The van der Waals surface area contributed by atoms with E-state index in [2.05, 4.69) is 77.3 Å². The van der Waals surface area contributed by atoms with Crippen LogP contribution in [0.4, 0.5) is 5.69 Å². The molecule has 3 aromatic heterocycles. The lowest BCUT2D eigenvalue weighted by molar-refractivity contribution is -0.643. The van der Waals surface area contributed by atoms with Gasteiger partial charge >= 0.3 is 0 Å². The fourth-order valence-corrected chi connectivity index (χ4v) is 7.85. The molecule has 3 atom stereocenters. The van der Waals surface area contributed by atoms with E-state index in [9.17, 15) is 0 Å². The Morgan fingerprint density at radius 1 is 0.943 bits per heavy atom. The maximum absolute atomic E-state index is 7.67. The summed E-state index contributed by atoms with van der Waals surface area (Å²) in [5, 5.41) is 6.56. The number of nitrogens with zero attached hydrogens (tertiary/aromatic N) is 3. The molecule has 3 aromatic carbocycles. The Hall–Kier alpha value is -3.64. The lowest BCUT2D eigenvalue weighted by atomic mass is 9.82. The van der Waals surface area contributed by atoms with Gasteiger partial charge in [-0.1, -0.05) is 24.6 Å². The minimum absolute atomic E-state index is 0.684. The lowest BCUT2D eigenvalue weighted by Gasteiger charge is -2.23. The standard InChI is InChI=1S/C32H28N3/c1-17-11-26-24-8-7-23(33-3)16-27(24)35-28-15-22(25-13-19-5-6-20(25)12-19)14-21-9-10-34(4)32(30(21)28)29(18(17)2)31(26)35/h7-11,14-16,19-20,25H,5-6,12-13H2,1-2,4H3/q+1. The maximum atomic E-state index is 7.67. The van der Waals surface area contributed by atoms with Crippen LogP contribution in [0.1, 0.15) is 48.3 Å². The molecule has 3 nitrogen and oxygen atoms in total. The van der Waals surface area contributed by atoms with E-state index in [-0.39, 0.29) is 0 Å². The van der Waals surface area contributed by atoms with Crippen molar-refractivity contribution in [3.05, 3.63) is 76.8 Å². The summed E-state index contributed by atoms with van der Waals surface area (Å²) in [4.78, 5) is 3.79. The van der Waals surface area contributed by atoms with Gasteiger partial charge in [-0.05, 0) is 91.1 Å². The predicted molar refractivity (Wildman–Crippen MR) is 144 cm³/mol. The van der Waals surface area contributed by atoms with E-state index in [1.807, 2.05) is 6.07 Å². The topological polar surface area (TPSA) is 12.6 Å². The Bertz CT molecular complexity index is 1920. The number of rotatable bonds is 1. The highest BCUT2D eigenvalue weighted by Gasteiger charge is 2.40. The van der Waals surface area contributed by atoms with Crippen molar-refractivity contribution in [1.29, 1.82) is 0 Å². The van der Waals surface area contributed by atoms with E-state index in [1.165, 1.54) is 85.9 Å². The number of aromatic nitrogens is 2. The highest BCUT2D eigenvalue weighted by Crippen LogP contribution is 2.54. The third-order valence-corrected chi connectivity index (χ3v) is 9.57. The molecule has 0 radical (unpaired) electrons. The van der Waals surface area contributed by atoms with Crippen LogP contribution >= 0.6 is 0 Å². The van der Waals surface area contributed by atoms with Crippen molar-refractivity contribution in [2.24, 2.45) is 18.9 Å². The molecule has 0 N–H and O–H groups in total. The Morgan fingerprint density at radius 2 is 1.83 bits per heavy atom. The number of pyridine rings is 2. The van der Waals surface area contributed by atoms with Crippen LogP contribution < -0.4 is 4.57 Å². The summed E-state index contributed by atoms with van der Waals surface area (Å²) >= 11 is 0. The average molecular weight is 455 g/mol. The molecular formula is C32H28N3+. The summed E-state index contributed by atoms with van der Waals surface area (Å²) in [6.07, 6.45) is 7.83. The van der Waals surface area contributed by atoms with Crippen molar-refractivity contribution in [2.45, 2.75) is 45.4 Å². The second-order valence-corrected chi connectivity index (χ2v) is 11.3. The Morgan fingerprint density at radius 3 is 2.60 bits per heavy atom. The van der Waals surface area contributed by atoms with E-state index in [0.29, 0.717) is 11.6 Å². The summed E-state index contributed by atoms with van der Waals surface area (Å²) in [5.41, 5.74) is 9.96. The molecule has 0 amide bonds. The number of hydrogen-bond acceptors (Lipinski definition) is 0. The van der Waals surface area contributed by atoms with Crippen LogP contribution in [0, 0.1) is 32.3 Å². The molecule has 6 aromatic rings. The molecule has 35 heavy (non-hydrogen) atoms. The van der Waals surface area contributed by atoms with Gasteiger partial charge in [-0.2, -0.15) is 0 Å². The molecule has 2 aliphatic carbocycles. The first-order valence-electron chi connectivity index (χ1n) is 13.0. The number of benzene rings is 3. The van der Waals surface area contributed by atoms with Crippen LogP contribution in [0.5, 0.6) is 0 Å². The molecule has 8 rings (SSSR count). The highest BCUT2D eigenvalue weighted by molar-refractivity contribution is 6.26. The van der Waals surface area contributed by atoms with Gasteiger partial charge in [0.25, 0.3) is 0 Å². The average Bonchev–Trinajstić information content (AvgIpc) is 3.58. The quantitative estimate of drug-likeness (QED) is 0.104. The zero-order chi connectivity index (χ0) is 23.6. The monoisotopic (exact) mass is 454 g/mol. The van der Waals surface area contributed by atoms with Crippen molar-refractivity contribution in [3.8, 4) is 0 Å². The third-order valence-electron chi connectivity index (χ3n) is 9.57. The first-order valence-corrected chi connectivity index (χ1v) is 13.0. The van der Waals surface area contributed by atoms with Crippen LogP contribution in [-0.2, 0) is 7.05 Å². The lowest BCUT2D eigenvalue weighted by Crippen LogP contribution is -2.29. The van der Waals surface area contributed by atoms with Crippen molar-refractivity contribution < 1.29 is 4.57 Å². The molecule has 0 spiro atoms. The van der Waals surface area contributed by atoms with Gasteiger partial charge in [-0.3, -0.25) is 0 Å². The molecule has 2 bridgehead atoms. The molecule has 2 fully saturated rings. The van der Waals surface area contributed by atoms with Gasteiger partial charge in [0.15, 0.2) is 11.9 Å². The normalized spacial score (nSPS) is 21.9. The zero-order valence-electron chi connectivity index (χ0n) is 20.5. The Labute approximate surface area is 204 Å². The van der Waals surface area contributed by atoms with E-state index >= 15 is 0 Å². The molecule has 0 saturated heterocycles. The minimum Gasteiger partial charge on any atom is -0.309 e. The molecule has 2 aliphatic rings. The Kier molecular flexibility index (Phi) is 3.66. The van der Waals surface area contributed by atoms with Crippen LogP contribution in [-0.4, -0.2) is 4.40 Å². The molecule has 3 heteroatoms. The predicted octanol–water partition coefficient (Wildman–Crippen LogP) is 7.89. The van der Waals surface area contributed by atoms with Crippen LogP contribution in [0.25, 0.3) is 53.8 Å². The van der Waals surface area contributed by atoms with Gasteiger partial charge in [0, 0.05) is 22.4 Å². The molecule has 3 heterocycles. The van der Waals surface area contributed by atoms with Gasteiger partial charge in [-0.25, -0.2) is 9.41 Å². The first-order chi connectivity index (χ1) is 17.0. The first kappa shape index (κ1) is 19.6. The van der Waals surface area contributed by atoms with Gasteiger partial charge in [0.05, 0.1) is 28.4 Å². The van der Waals surface area contributed by atoms with E-state index in [4.69, 9.17) is 6.57 Å². The number of fused-ring (bicyclic) bond motifs is 7. The SMILES string of the molecule is [C-]#[N+]c1ccc2c3cc(C)c(C)c4c3n(c2c1)c1cc(C2CC3CCC2C3)cc2cc[n+](C)c4c21. The van der Waals surface area contributed by atoms with Crippen molar-refractivity contribution in [3.63, 3.8) is 0 Å². The molecule has 3 unspecified atom stereocenters. The maximum Gasteiger partial charge on any atom is 0.224 e. The summed E-state index contributed by atoms with van der Waals surface area (Å²) in [7, 11) is 2.19. The summed E-state index contributed by atoms with van der Waals surface area (Å²) in [5.74, 6) is 2.46. The van der Waals surface area contributed by atoms with Crippen molar-refractivity contribution in [2.75, 3.05) is 0 Å². The van der Waals surface area contributed by atoms with Crippen molar-refractivity contribution >= 4 is 54.7 Å². The van der Waals surface area contributed by atoms with Crippen LogP contribution in [0.2, 0.25) is 0 Å². The number of hydrogen-bond donors (Lipinski definition) is 0. The van der Waals surface area contributed by atoms with E-state index in [1.54, 1.807) is 0 Å². The van der Waals surface area contributed by atoms with Crippen molar-refractivity contribution in [1.82, 2.24) is 4.40 Å². The molecule has 170 valence electrons. The highest BCUT2D eigenvalue weighted by atomic mass is 15.0. The van der Waals surface area contributed by atoms with Gasteiger partial charge in [-0.15, -0.1) is 0 Å². The minimum atomic E-state index is 0.684. The second kappa shape index (κ2) is 6.52. The third kappa shape index (κ3) is 2.38. The summed E-state index contributed by atoms with van der Waals surface area (Å²) in [6.45, 7) is 12.2. The summed E-state index contributed by atoms with van der Waals surface area (Å²) in [6, 6.07) is 15.9. The van der Waals surface area contributed by atoms with Crippen LogP contribution in [0.15, 0.2) is 48.7 Å². The van der Waals surface area contributed by atoms with E-state index < -0.39 is 0 Å². The van der Waals surface area contributed by atoms with Gasteiger partial charge in [0.1, 0.15) is 7.05 Å². The second-order valence-electron chi connectivity index (χ2n) is 11.3. The molecule has 2 saturated carbocycles. The number of aryl methyl sites for hydroxylation is 3. The fourth-order valence-electron chi connectivity index (χ4n) is 7.85. The fraction of sp³-hybridized carbons (Fsp3) is 0.312. The largest absolute Gasteiger partial charge is 0.309 e. The summed E-state index contributed by atoms with van der Waals surface area (Å²) < 4.78 is 4.81. The molecular weight excluding hydrogens is 426 g/mol. The molecule has 0 aliphatic heterocycles. The van der Waals surface area contributed by atoms with Gasteiger partial charge < -0.3 is 4.40 Å². The van der Waals surface area contributed by atoms with Gasteiger partial charge in [0.2, 0.25) is 5.52 Å². The smallest absolute Gasteiger partial charge is 0.224 e. The Balaban J connectivity index is 1.65. The zero-order valence-corrected chi connectivity index (χ0v) is 20.5. The van der Waals surface area contributed by atoms with E-state index in [0.717, 1.165) is 17.4 Å².